The molecule has 0 bridgehead atoms. The second-order valence-corrected chi connectivity index (χ2v) is 4.65. The highest BCUT2D eigenvalue weighted by molar-refractivity contribution is 6.31. The molecule has 2 amide bonds. The van der Waals surface area contributed by atoms with Crippen LogP contribution in [-0.4, -0.2) is 47.9 Å². The summed E-state index contributed by atoms with van der Waals surface area (Å²) < 4.78 is 1.77. The minimum atomic E-state index is -0.0915. The van der Waals surface area contributed by atoms with E-state index in [2.05, 4.69) is 15.7 Å². The molecular weight excluding hydrogens is 254 g/mol. The monoisotopic (exact) mass is 273 g/mol. The Bertz CT molecular complexity index is 416. The van der Waals surface area contributed by atoms with Gasteiger partial charge in [-0.25, -0.2) is 4.79 Å². The summed E-state index contributed by atoms with van der Waals surface area (Å²) in [5.74, 6) is 0. The van der Waals surface area contributed by atoms with E-state index in [1.54, 1.807) is 18.8 Å². The van der Waals surface area contributed by atoms with Crippen molar-refractivity contribution in [2.75, 3.05) is 27.2 Å². The van der Waals surface area contributed by atoms with E-state index >= 15 is 0 Å². The Labute approximate surface area is 112 Å². The number of hydrogen-bond acceptors (Lipinski definition) is 3. The zero-order valence-corrected chi connectivity index (χ0v) is 12.0. The van der Waals surface area contributed by atoms with Crippen molar-refractivity contribution in [3.05, 3.63) is 16.4 Å². The number of nitrogens with zero attached hydrogens (tertiary/aromatic N) is 3. The summed E-state index contributed by atoms with van der Waals surface area (Å²) in [6.07, 6.45) is 0. The SMILES string of the molecule is Cc1nn(C)c(CNCCNC(=O)N(C)C)c1Cl. The summed E-state index contributed by atoms with van der Waals surface area (Å²) in [6.45, 7) is 3.77. The highest BCUT2D eigenvalue weighted by Crippen LogP contribution is 2.18. The average Bonchev–Trinajstić information content (AvgIpc) is 2.54. The van der Waals surface area contributed by atoms with Gasteiger partial charge in [-0.05, 0) is 6.92 Å². The summed E-state index contributed by atoms with van der Waals surface area (Å²) >= 11 is 6.12. The molecule has 102 valence electrons. The Kier molecular flexibility index (Phi) is 5.43. The van der Waals surface area contributed by atoms with Crippen LogP contribution in [0, 0.1) is 6.92 Å². The van der Waals surface area contributed by atoms with Gasteiger partial charge in [0.05, 0.1) is 16.4 Å². The Hall–Kier alpha value is -1.27. The molecule has 0 spiro atoms. The van der Waals surface area contributed by atoms with Gasteiger partial charge in [0.1, 0.15) is 0 Å². The molecule has 6 nitrogen and oxygen atoms in total. The number of urea groups is 1. The molecule has 7 heteroatoms. The molecule has 0 fully saturated rings. The lowest BCUT2D eigenvalue weighted by Gasteiger charge is -2.12. The number of carbonyl (C=O) groups is 1. The van der Waals surface area contributed by atoms with Gasteiger partial charge in [0.2, 0.25) is 0 Å². The number of nitrogens with one attached hydrogen (secondary N) is 2. The Morgan fingerprint density at radius 3 is 2.61 bits per heavy atom. The largest absolute Gasteiger partial charge is 0.337 e. The zero-order valence-electron chi connectivity index (χ0n) is 11.2. The molecule has 0 aliphatic rings. The van der Waals surface area contributed by atoms with Crippen molar-refractivity contribution >= 4 is 17.6 Å². The van der Waals surface area contributed by atoms with E-state index in [-0.39, 0.29) is 6.03 Å². The van der Waals surface area contributed by atoms with E-state index < -0.39 is 0 Å². The number of aromatic nitrogens is 2. The van der Waals surface area contributed by atoms with Crippen LogP contribution < -0.4 is 10.6 Å². The van der Waals surface area contributed by atoms with Crippen molar-refractivity contribution in [1.29, 1.82) is 0 Å². The van der Waals surface area contributed by atoms with Crippen LogP contribution in [0.5, 0.6) is 0 Å². The predicted octanol–water partition coefficient (Wildman–Crippen LogP) is 0.743. The molecule has 0 aliphatic heterocycles. The molecule has 1 rings (SSSR count). The van der Waals surface area contributed by atoms with Gasteiger partial charge in [-0.1, -0.05) is 11.6 Å². The smallest absolute Gasteiger partial charge is 0.316 e. The highest BCUT2D eigenvalue weighted by Gasteiger charge is 2.10. The fourth-order valence-corrected chi connectivity index (χ4v) is 1.72. The van der Waals surface area contributed by atoms with Crippen LogP contribution in [0.3, 0.4) is 0 Å². The van der Waals surface area contributed by atoms with Crippen molar-refractivity contribution in [2.24, 2.45) is 7.05 Å². The average molecular weight is 274 g/mol. The fraction of sp³-hybridized carbons (Fsp3) is 0.636. The first kappa shape index (κ1) is 14.8. The van der Waals surface area contributed by atoms with Gasteiger partial charge >= 0.3 is 6.03 Å². The quantitative estimate of drug-likeness (QED) is 0.778. The van der Waals surface area contributed by atoms with Crippen LogP contribution in [0.1, 0.15) is 11.4 Å². The third kappa shape index (κ3) is 3.89. The van der Waals surface area contributed by atoms with Gasteiger partial charge in [0.25, 0.3) is 0 Å². The maximum atomic E-state index is 11.2. The Morgan fingerprint density at radius 2 is 2.11 bits per heavy atom. The molecule has 0 unspecified atom stereocenters. The lowest BCUT2D eigenvalue weighted by Crippen LogP contribution is -2.38. The number of aryl methyl sites for hydroxylation is 2. The van der Waals surface area contributed by atoms with Gasteiger partial charge in [-0.15, -0.1) is 0 Å². The van der Waals surface area contributed by atoms with Crippen molar-refractivity contribution in [2.45, 2.75) is 13.5 Å². The van der Waals surface area contributed by atoms with Crippen LogP contribution in [0.2, 0.25) is 5.02 Å². The molecular formula is C11H20ClN5O. The summed E-state index contributed by atoms with van der Waals surface area (Å²) in [4.78, 5) is 12.7. The summed E-state index contributed by atoms with van der Waals surface area (Å²) in [7, 11) is 5.28. The third-order valence-corrected chi connectivity index (χ3v) is 3.03. The van der Waals surface area contributed by atoms with Crippen LogP contribution >= 0.6 is 11.6 Å². The van der Waals surface area contributed by atoms with E-state index in [0.717, 1.165) is 11.4 Å². The molecule has 0 aliphatic carbocycles. The molecule has 18 heavy (non-hydrogen) atoms. The number of halogens is 1. The lowest BCUT2D eigenvalue weighted by atomic mass is 10.3. The number of rotatable bonds is 5. The first-order valence-electron chi connectivity index (χ1n) is 5.77. The Morgan fingerprint density at radius 1 is 1.44 bits per heavy atom. The summed E-state index contributed by atoms with van der Waals surface area (Å²) in [5.41, 5.74) is 1.78. The normalized spacial score (nSPS) is 10.5. The van der Waals surface area contributed by atoms with Gasteiger partial charge in [0.15, 0.2) is 0 Å². The van der Waals surface area contributed by atoms with Crippen molar-refractivity contribution in [3.8, 4) is 0 Å². The topological polar surface area (TPSA) is 62.2 Å². The van der Waals surface area contributed by atoms with Crippen LogP contribution in [-0.2, 0) is 13.6 Å². The van der Waals surface area contributed by atoms with Gasteiger partial charge in [-0.2, -0.15) is 5.10 Å². The molecule has 2 N–H and O–H groups in total. The van der Waals surface area contributed by atoms with Crippen molar-refractivity contribution < 1.29 is 4.79 Å². The number of carbonyl (C=O) groups excluding carboxylic acids is 1. The molecule has 1 aromatic heterocycles. The lowest BCUT2D eigenvalue weighted by molar-refractivity contribution is 0.217. The molecule has 0 saturated carbocycles. The second kappa shape index (κ2) is 6.61. The second-order valence-electron chi connectivity index (χ2n) is 4.27. The van der Waals surface area contributed by atoms with Gasteiger partial charge in [-0.3, -0.25) is 4.68 Å². The molecule has 0 radical (unpaired) electrons. The standard InChI is InChI=1S/C11H20ClN5O/c1-8-10(12)9(17(4)15-8)7-13-5-6-14-11(18)16(2)3/h13H,5-7H2,1-4H3,(H,14,18). The van der Waals surface area contributed by atoms with Crippen molar-refractivity contribution in [3.63, 3.8) is 0 Å². The molecule has 1 aromatic rings. The summed E-state index contributed by atoms with van der Waals surface area (Å²) in [6, 6.07) is -0.0915. The van der Waals surface area contributed by atoms with E-state index in [1.807, 2.05) is 14.0 Å². The number of hydrogen-bond donors (Lipinski definition) is 2. The summed E-state index contributed by atoms with van der Waals surface area (Å²) in [5, 5.41) is 10.9. The molecule has 0 saturated heterocycles. The maximum absolute atomic E-state index is 11.2. The van der Waals surface area contributed by atoms with Crippen LogP contribution in [0.25, 0.3) is 0 Å². The zero-order chi connectivity index (χ0) is 13.7. The van der Waals surface area contributed by atoms with Crippen LogP contribution in [0.4, 0.5) is 4.79 Å². The van der Waals surface area contributed by atoms with E-state index in [1.165, 1.54) is 4.90 Å². The van der Waals surface area contributed by atoms with E-state index in [0.29, 0.717) is 24.7 Å². The predicted molar refractivity (Wildman–Crippen MR) is 71.7 cm³/mol. The van der Waals surface area contributed by atoms with Gasteiger partial charge in [0, 0.05) is 40.8 Å². The Balaban J connectivity index is 2.28. The third-order valence-electron chi connectivity index (χ3n) is 2.54. The van der Waals surface area contributed by atoms with Crippen LogP contribution in [0.15, 0.2) is 0 Å². The fourth-order valence-electron chi connectivity index (χ4n) is 1.49. The first-order valence-corrected chi connectivity index (χ1v) is 6.15. The maximum Gasteiger partial charge on any atom is 0.316 e. The number of amides is 2. The van der Waals surface area contributed by atoms with E-state index in [9.17, 15) is 4.79 Å². The molecule has 0 atom stereocenters. The molecule has 1 heterocycles. The van der Waals surface area contributed by atoms with E-state index in [4.69, 9.17) is 11.6 Å². The minimum Gasteiger partial charge on any atom is -0.337 e. The molecule has 0 aromatic carbocycles. The van der Waals surface area contributed by atoms with Crippen molar-refractivity contribution in [1.82, 2.24) is 25.3 Å². The van der Waals surface area contributed by atoms with Gasteiger partial charge < -0.3 is 15.5 Å². The highest BCUT2D eigenvalue weighted by atomic mass is 35.5. The first-order chi connectivity index (χ1) is 8.43. The minimum absolute atomic E-state index is 0.0915.